The molecule has 0 radical (unpaired) electrons. The van der Waals surface area contributed by atoms with Gasteiger partial charge >= 0.3 is 0 Å². The number of nitrogens with one attached hydrogen (secondary N) is 1. The van der Waals surface area contributed by atoms with Crippen LogP contribution in [0.25, 0.3) is 0 Å². The lowest BCUT2D eigenvalue weighted by Gasteiger charge is -2.37. The topological polar surface area (TPSA) is 38.8 Å². The van der Waals surface area contributed by atoms with Crippen molar-refractivity contribution in [1.29, 1.82) is 0 Å². The summed E-state index contributed by atoms with van der Waals surface area (Å²) in [6.07, 6.45) is 3.87. The second-order valence-corrected chi connectivity index (χ2v) is 10.1. The second-order valence-electron chi connectivity index (χ2n) is 8.28. The highest BCUT2D eigenvalue weighted by atomic mass is 35.5. The third-order valence-electron chi connectivity index (χ3n) is 6.20. The standard InChI is InChI=1S/C23H31ClN4OS/c1-18(27-15-13-26(14-16-27)17-21-9-10-22(24)30-21)23(29)25-19-5-7-20(8-6-19)28-11-3-2-4-12-28/h5-10,18H,2-4,11-17H2,1H3,(H,25,29). The van der Waals surface area contributed by atoms with Crippen molar-refractivity contribution in [1.82, 2.24) is 9.80 Å². The summed E-state index contributed by atoms with van der Waals surface area (Å²) in [6, 6.07) is 12.2. The monoisotopic (exact) mass is 446 g/mol. The number of halogens is 1. The first-order valence-electron chi connectivity index (χ1n) is 10.9. The maximum Gasteiger partial charge on any atom is 0.241 e. The van der Waals surface area contributed by atoms with Crippen LogP contribution in [0.5, 0.6) is 0 Å². The van der Waals surface area contributed by atoms with Gasteiger partial charge in [0, 0.05) is 62.1 Å². The highest BCUT2D eigenvalue weighted by Crippen LogP contribution is 2.24. The molecule has 1 aromatic carbocycles. The fraction of sp³-hybridized carbons (Fsp3) is 0.522. The highest BCUT2D eigenvalue weighted by Gasteiger charge is 2.26. The van der Waals surface area contributed by atoms with Crippen molar-refractivity contribution in [3.05, 3.63) is 45.6 Å². The molecule has 2 fully saturated rings. The molecule has 1 aromatic heterocycles. The molecule has 3 heterocycles. The van der Waals surface area contributed by atoms with Crippen molar-refractivity contribution >= 4 is 40.2 Å². The number of benzene rings is 1. The van der Waals surface area contributed by atoms with Crippen LogP contribution in [-0.2, 0) is 11.3 Å². The lowest BCUT2D eigenvalue weighted by Crippen LogP contribution is -2.52. The van der Waals surface area contributed by atoms with E-state index in [2.05, 4.69) is 38.2 Å². The van der Waals surface area contributed by atoms with Crippen LogP contribution in [0.1, 0.15) is 31.1 Å². The van der Waals surface area contributed by atoms with E-state index in [0.717, 1.165) is 55.8 Å². The Kier molecular flexibility index (Phi) is 7.31. The number of carbonyl (C=O) groups is 1. The number of anilines is 2. The van der Waals surface area contributed by atoms with Gasteiger partial charge in [-0.2, -0.15) is 0 Å². The average molecular weight is 447 g/mol. The van der Waals surface area contributed by atoms with Gasteiger partial charge in [-0.05, 0) is 62.6 Å². The molecule has 0 spiro atoms. The fourth-order valence-corrected chi connectivity index (χ4v) is 5.42. The van der Waals surface area contributed by atoms with Crippen LogP contribution in [0.2, 0.25) is 4.34 Å². The molecule has 1 unspecified atom stereocenters. The van der Waals surface area contributed by atoms with Gasteiger partial charge in [-0.25, -0.2) is 0 Å². The molecule has 2 aromatic rings. The Bertz CT molecular complexity index is 826. The van der Waals surface area contributed by atoms with Crippen molar-refractivity contribution < 1.29 is 4.79 Å². The summed E-state index contributed by atoms with van der Waals surface area (Å²) in [5, 5.41) is 3.10. The van der Waals surface area contributed by atoms with Gasteiger partial charge in [0.15, 0.2) is 0 Å². The lowest BCUT2D eigenvalue weighted by atomic mass is 10.1. The SMILES string of the molecule is CC(C(=O)Nc1ccc(N2CCCCC2)cc1)N1CCN(Cc2ccc(Cl)s2)CC1. The Morgan fingerprint density at radius 1 is 1.00 bits per heavy atom. The molecule has 1 amide bonds. The Morgan fingerprint density at radius 3 is 2.33 bits per heavy atom. The molecule has 2 aliphatic heterocycles. The fourth-order valence-electron chi connectivity index (χ4n) is 4.29. The predicted octanol–water partition coefficient (Wildman–Crippen LogP) is 4.54. The Hall–Kier alpha value is -1.60. The number of hydrogen-bond donors (Lipinski definition) is 1. The van der Waals surface area contributed by atoms with E-state index < -0.39 is 0 Å². The van der Waals surface area contributed by atoms with Crippen LogP contribution in [0.15, 0.2) is 36.4 Å². The van der Waals surface area contributed by atoms with Crippen LogP contribution < -0.4 is 10.2 Å². The van der Waals surface area contributed by atoms with Gasteiger partial charge in [0.05, 0.1) is 10.4 Å². The van der Waals surface area contributed by atoms with Crippen molar-refractivity contribution in [2.24, 2.45) is 0 Å². The second kappa shape index (κ2) is 10.1. The van der Waals surface area contributed by atoms with E-state index >= 15 is 0 Å². The summed E-state index contributed by atoms with van der Waals surface area (Å²) in [4.78, 5) is 21.2. The number of rotatable bonds is 6. The van der Waals surface area contributed by atoms with E-state index in [4.69, 9.17) is 11.6 Å². The number of piperidine rings is 1. The number of thiophene rings is 1. The molecule has 162 valence electrons. The van der Waals surface area contributed by atoms with Crippen LogP contribution in [-0.4, -0.2) is 61.0 Å². The third kappa shape index (κ3) is 5.55. The molecular weight excluding hydrogens is 416 g/mol. The molecule has 30 heavy (non-hydrogen) atoms. The smallest absolute Gasteiger partial charge is 0.241 e. The zero-order valence-electron chi connectivity index (χ0n) is 17.6. The lowest BCUT2D eigenvalue weighted by molar-refractivity contribution is -0.121. The van der Waals surface area contributed by atoms with E-state index in [1.165, 1.54) is 29.8 Å². The molecule has 0 saturated carbocycles. The zero-order valence-corrected chi connectivity index (χ0v) is 19.2. The Morgan fingerprint density at radius 2 is 1.70 bits per heavy atom. The first-order chi connectivity index (χ1) is 14.6. The van der Waals surface area contributed by atoms with Gasteiger partial charge < -0.3 is 10.2 Å². The van der Waals surface area contributed by atoms with Crippen molar-refractivity contribution in [2.45, 2.75) is 38.8 Å². The predicted molar refractivity (Wildman–Crippen MR) is 127 cm³/mol. The van der Waals surface area contributed by atoms with Crippen LogP contribution >= 0.6 is 22.9 Å². The molecule has 0 aliphatic carbocycles. The molecule has 2 aliphatic rings. The van der Waals surface area contributed by atoms with Crippen molar-refractivity contribution in [3.63, 3.8) is 0 Å². The molecule has 2 saturated heterocycles. The quantitative estimate of drug-likeness (QED) is 0.707. The first kappa shape index (κ1) is 21.6. The minimum atomic E-state index is -0.134. The number of amides is 1. The van der Waals surface area contributed by atoms with Gasteiger partial charge in [0.2, 0.25) is 5.91 Å². The largest absolute Gasteiger partial charge is 0.372 e. The third-order valence-corrected chi connectivity index (χ3v) is 7.41. The van der Waals surface area contributed by atoms with Gasteiger partial charge in [0.1, 0.15) is 0 Å². The molecule has 1 atom stereocenters. The molecule has 7 heteroatoms. The van der Waals surface area contributed by atoms with E-state index in [-0.39, 0.29) is 11.9 Å². The molecular formula is C23H31ClN4OS. The van der Waals surface area contributed by atoms with E-state index in [1.807, 2.05) is 25.1 Å². The van der Waals surface area contributed by atoms with E-state index in [1.54, 1.807) is 11.3 Å². The molecule has 0 bridgehead atoms. The summed E-state index contributed by atoms with van der Waals surface area (Å²) in [5.74, 6) is 0.0687. The summed E-state index contributed by atoms with van der Waals surface area (Å²) < 4.78 is 0.845. The number of piperazine rings is 1. The Labute approximate surface area is 188 Å². The van der Waals surface area contributed by atoms with Gasteiger partial charge in [-0.1, -0.05) is 11.6 Å². The van der Waals surface area contributed by atoms with Gasteiger partial charge in [-0.3, -0.25) is 14.6 Å². The zero-order chi connectivity index (χ0) is 20.9. The average Bonchev–Trinajstić information content (AvgIpc) is 3.19. The molecule has 1 N–H and O–H groups in total. The summed E-state index contributed by atoms with van der Waals surface area (Å²) >= 11 is 7.68. The highest BCUT2D eigenvalue weighted by molar-refractivity contribution is 7.16. The number of carbonyl (C=O) groups excluding carboxylic acids is 1. The number of nitrogens with zero attached hydrogens (tertiary/aromatic N) is 3. The molecule has 4 rings (SSSR count). The van der Waals surface area contributed by atoms with Crippen LogP contribution in [0, 0.1) is 0 Å². The Balaban J connectivity index is 1.24. The first-order valence-corrected chi connectivity index (χ1v) is 12.1. The van der Waals surface area contributed by atoms with Crippen molar-refractivity contribution in [3.8, 4) is 0 Å². The maximum absolute atomic E-state index is 12.8. The van der Waals surface area contributed by atoms with E-state index in [0.29, 0.717) is 0 Å². The normalized spacial score (nSPS) is 19.6. The summed E-state index contributed by atoms with van der Waals surface area (Å²) in [6.45, 7) is 8.96. The number of hydrogen-bond acceptors (Lipinski definition) is 5. The minimum Gasteiger partial charge on any atom is -0.372 e. The maximum atomic E-state index is 12.8. The summed E-state index contributed by atoms with van der Waals surface area (Å²) in [7, 11) is 0. The van der Waals surface area contributed by atoms with Crippen LogP contribution in [0.3, 0.4) is 0 Å². The minimum absolute atomic E-state index is 0.0687. The molecule has 5 nitrogen and oxygen atoms in total. The van der Waals surface area contributed by atoms with E-state index in [9.17, 15) is 4.79 Å². The van der Waals surface area contributed by atoms with Crippen LogP contribution in [0.4, 0.5) is 11.4 Å². The van der Waals surface area contributed by atoms with Gasteiger partial charge in [-0.15, -0.1) is 11.3 Å². The van der Waals surface area contributed by atoms with Crippen molar-refractivity contribution in [2.75, 3.05) is 49.5 Å². The van der Waals surface area contributed by atoms with Gasteiger partial charge in [0.25, 0.3) is 0 Å². The summed E-state index contributed by atoms with van der Waals surface area (Å²) in [5.41, 5.74) is 2.13.